The van der Waals surface area contributed by atoms with Crippen molar-refractivity contribution in [3.05, 3.63) is 65.0 Å². The van der Waals surface area contributed by atoms with Gasteiger partial charge in [-0.05, 0) is 62.4 Å². The summed E-state index contributed by atoms with van der Waals surface area (Å²) in [7, 11) is -3.80. The van der Waals surface area contributed by atoms with Crippen molar-refractivity contribution in [2.24, 2.45) is 0 Å². The van der Waals surface area contributed by atoms with Crippen LogP contribution in [0.4, 0.5) is 10.1 Å². The lowest BCUT2D eigenvalue weighted by Crippen LogP contribution is -2.54. The van der Waals surface area contributed by atoms with Crippen LogP contribution < -0.4 is 9.62 Å². The summed E-state index contributed by atoms with van der Waals surface area (Å²) in [6.07, 6.45) is 6.49. The zero-order chi connectivity index (χ0) is 27.2. The number of rotatable bonds is 10. The number of nitrogens with one attached hydrogen (secondary N) is 1. The highest BCUT2D eigenvalue weighted by Gasteiger charge is 2.33. The molecule has 0 spiro atoms. The number of carbonyl (C=O) groups is 2. The summed E-state index contributed by atoms with van der Waals surface area (Å²) in [5.41, 5.74) is 2.77. The molecule has 2 aromatic rings. The molecule has 0 radical (unpaired) electrons. The first-order valence-electron chi connectivity index (χ1n) is 12.9. The van der Waals surface area contributed by atoms with E-state index in [0.29, 0.717) is 17.7 Å². The first-order valence-corrected chi connectivity index (χ1v) is 14.7. The van der Waals surface area contributed by atoms with Crippen LogP contribution in [0.25, 0.3) is 0 Å². The van der Waals surface area contributed by atoms with Gasteiger partial charge in [-0.25, -0.2) is 12.8 Å². The van der Waals surface area contributed by atoms with Crippen LogP contribution >= 0.6 is 0 Å². The van der Waals surface area contributed by atoms with Crippen molar-refractivity contribution in [2.75, 3.05) is 17.1 Å². The minimum atomic E-state index is -3.80. The van der Waals surface area contributed by atoms with E-state index >= 15 is 0 Å². The van der Waals surface area contributed by atoms with Crippen LogP contribution in [0.5, 0.6) is 0 Å². The Balaban J connectivity index is 1.93. The molecule has 1 saturated carbocycles. The molecule has 1 fully saturated rings. The Bertz CT molecular complexity index is 1190. The lowest BCUT2D eigenvalue weighted by Gasteiger charge is -2.34. The fourth-order valence-electron chi connectivity index (χ4n) is 4.93. The fraction of sp³-hybridized carbons (Fsp3) is 0.500. The van der Waals surface area contributed by atoms with E-state index in [2.05, 4.69) is 5.32 Å². The highest BCUT2D eigenvalue weighted by atomic mass is 32.2. The number of hydrogen-bond acceptors (Lipinski definition) is 4. The average Bonchev–Trinajstić information content (AvgIpc) is 2.84. The Kier molecular flexibility index (Phi) is 9.70. The number of sulfonamides is 1. The summed E-state index contributed by atoms with van der Waals surface area (Å²) in [5, 5.41) is 3.11. The van der Waals surface area contributed by atoms with Crippen molar-refractivity contribution in [3.8, 4) is 0 Å². The maximum Gasteiger partial charge on any atom is 0.244 e. The molecule has 202 valence electrons. The van der Waals surface area contributed by atoms with E-state index in [1.54, 1.807) is 31.2 Å². The number of halogens is 1. The second-order valence-corrected chi connectivity index (χ2v) is 11.9. The maximum absolute atomic E-state index is 13.8. The molecule has 0 heterocycles. The topological polar surface area (TPSA) is 86.8 Å². The first-order chi connectivity index (χ1) is 17.5. The minimum absolute atomic E-state index is 0.0557. The number of amides is 2. The third kappa shape index (κ3) is 7.77. The average molecular weight is 532 g/mol. The molecule has 0 aliphatic heterocycles. The smallest absolute Gasteiger partial charge is 0.244 e. The van der Waals surface area contributed by atoms with Crippen LogP contribution in [-0.4, -0.2) is 50.0 Å². The van der Waals surface area contributed by atoms with Gasteiger partial charge in [0, 0.05) is 12.6 Å². The highest BCUT2D eigenvalue weighted by molar-refractivity contribution is 7.92. The van der Waals surface area contributed by atoms with Crippen molar-refractivity contribution >= 4 is 27.5 Å². The molecule has 2 amide bonds. The number of carbonyl (C=O) groups excluding carboxylic acids is 2. The summed E-state index contributed by atoms with van der Waals surface area (Å²) in [5.74, 6) is -1.15. The van der Waals surface area contributed by atoms with Gasteiger partial charge >= 0.3 is 0 Å². The SMILES string of the molecule is CC[C@H](C(=O)NC1CCCCC1)N(Cc1ccc(F)cc1)C(=O)CN(c1ccc(C)cc1C)S(C)(=O)=O. The Morgan fingerprint density at radius 2 is 1.70 bits per heavy atom. The van der Waals surface area contributed by atoms with Crippen LogP contribution in [0.3, 0.4) is 0 Å². The zero-order valence-corrected chi connectivity index (χ0v) is 23.0. The van der Waals surface area contributed by atoms with Crippen LogP contribution in [0.2, 0.25) is 0 Å². The number of hydrogen-bond donors (Lipinski definition) is 1. The Morgan fingerprint density at radius 1 is 1.05 bits per heavy atom. The monoisotopic (exact) mass is 531 g/mol. The van der Waals surface area contributed by atoms with E-state index in [4.69, 9.17) is 0 Å². The molecule has 1 N–H and O–H groups in total. The van der Waals surface area contributed by atoms with Gasteiger partial charge in [0.15, 0.2) is 0 Å². The molecule has 7 nitrogen and oxygen atoms in total. The molecule has 37 heavy (non-hydrogen) atoms. The van der Waals surface area contributed by atoms with Gasteiger partial charge in [0.05, 0.1) is 11.9 Å². The van der Waals surface area contributed by atoms with Crippen molar-refractivity contribution in [1.82, 2.24) is 10.2 Å². The van der Waals surface area contributed by atoms with Gasteiger partial charge in [-0.2, -0.15) is 0 Å². The summed E-state index contributed by atoms with van der Waals surface area (Å²) in [4.78, 5) is 28.6. The van der Waals surface area contributed by atoms with E-state index in [9.17, 15) is 22.4 Å². The van der Waals surface area contributed by atoms with Gasteiger partial charge in [-0.3, -0.25) is 13.9 Å². The van der Waals surface area contributed by atoms with Crippen LogP contribution in [0.1, 0.15) is 62.1 Å². The standard InChI is InChI=1S/C28H38FN3O4S/c1-5-25(28(34)30-24-9-7-6-8-10-24)31(18-22-12-14-23(29)15-13-22)27(33)19-32(37(4,35)36)26-16-11-20(2)17-21(26)3/h11-17,24-25H,5-10,18-19H2,1-4H3,(H,30,34)/t25-/m1/s1. The van der Waals surface area contributed by atoms with Gasteiger partial charge < -0.3 is 10.2 Å². The minimum Gasteiger partial charge on any atom is -0.352 e. The van der Waals surface area contributed by atoms with Gasteiger partial charge in [0.25, 0.3) is 0 Å². The predicted octanol–water partition coefficient (Wildman–Crippen LogP) is 4.46. The zero-order valence-electron chi connectivity index (χ0n) is 22.2. The van der Waals surface area contributed by atoms with E-state index in [1.807, 2.05) is 19.9 Å². The Hall–Kier alpha value is -2.94. The normalized spacial score (nSPS) is 15.2. The van der Waals surface area contributed by atoms with E-state index < -0.39 is 34.3 Å². The molecule has 0 saturated heterocycles. The van der Waals surface area contributed by atoms with Gasteiger partial charge in [-0.15, -0.1) is 0 Å². The molecular formula is C28H38FN3O4S. The summed E-state index contributed by atoms with van der Waals surface area (Å²) >= 11 is 0. The van der Waals surface area contributed by atoms with Gasteiger partial charge in [-0.1, -0.05) is 56.0 Å². The van der Waals surface area contributed by atoms with E-state index in [0.717, 1.165) is 53.8 Å². The van der Waals surface area contributed by atoms with Crippen molar-refractivity contribution in [2.45, 2.75) is 77.9 Å². The van der Waals surface area contributed by atoms with Crippen LogP contribution in [0.15, 0.2) is 42.5 Å². The van der Waals surface area contributed by atoms with Crippen LogP contribution in [-0.2, 0) is 26.2 Å². The summed E-state index contributed by atoms with van der Waals surface area (Å²) in [6, 6.07) is 10.4. The molecule has 3 rings (SSSR count). The van der Waals surface area contributed by atoms with E-state index in [-0.39, 0.29) is 18.5 Å². The largest absolute Gasteiger partial charge is 0.352 e. The van der Waals surface area contributed by atoms with Gasteiger partial charge in [0.1, 0.15) is 18.4 Å². The summed E-state index contributed by atoms with van der Waals surface area (Å²) in [6.45, 7) is 5.15. The lowest BCUT2D eigenvalue weighted by atomic mass is 9.95. The van der Waals surface area contributed by atoms with Crippen molar-refractivity contribution < 1.29 is 22.4 Å². The third-order valence-corrected chi connectivity index (χ3v) is 8.03. The summed E-state index contributed by atoms with van der Waals surface area (Å²) < 4.78 is 40.2. The molecule has 1 atom stereocenters. The number of nitrogens with zero attached hydrogens (tertiary/aromatic N) is 2. The lowest BCUT2D eigenvalue weighted by molar-refractivity contribution is -0.140. The molecule has 0 aromatic heterocycles. The molecule has 0 unspecified atom stereocenters. The second kappa shape index (κ2) is 12.5. The molecular weight excluding hydrogens is 493 g/mol. The fourth-order valence-corrected chi connectivity index (χ4v) is 5.84. The van der Waals surface area contributed by atoms with Crippen molar-refractivity contribution in [1.29, 1.82) is 0 Å². The Labute approximate surface area is 220 Å². The molecule has 1 aliphatic rings. The molecule has 0 bridgehead atoms. The molecule has 2 aromatic carbocycles. The highest BCUT2D eigenvalue weighted by Crippen LogP contribution is 2.25. The second-order valence-electron chi connectivity index (χ2n) is 9.98. The van der Waals surface area contributed by atoms with Crippen LogP contribution in [0, 0.1) is 19.7 Å². The molecule has 1 aliphatic carbocycles. The van der Waals surface area contributed by atoms with E-state index in [1.165, 1.54) is 17.0 Å². The maximum atomic E-state index is 13.8. The Morgan fingerprint density at radius 3 is 2.27 bits per heavy atom. The predicted molar refractivity (Wildman–Crippen MR) is 144 cm³/mol. The number of aryl methyl sites for hydroxylation is 2. The quantitative estimate of drug-likeness (QED) is 0.490. The van der Waals surface area contributed by atoms with Gasteiger partial charge in [0.2, 0.25) is 21.8 Å². The number of benzene rings is 2. The third-order valence-electron chi connectivity index (χ3n) is 6.90. The first kappa shape index (κ1) is 28.6. The molecule has 9 heteroatoms. The van der Waals surface area contributed by atoms with Crippen molar-refractivity contribution in [3.63, 3.8) is 0 Å². The number of anilines is 1.